The van der Waals surface area contributed by atoms with E-state index in [0.717, 1.165) is 47.6 Å². The van der Waals surface area contributed by atoms with Crippen molar-refractivity contribution in [1.82, 2.24) is 24.5 Å². The van der Waals surface area contributed by atoms with Gasteiger partial charge in [-0.1, -0.05) is 0 Å². The van der Waals surface area contributed by atoms with Gasteiger partial charge in [-0.3, -0.25) is 9.48 Å². The summed E-state index contributed by atoms with van der Waals surface area (Å²) in [6.07, 6.45) is 12.9. The van der Waals surface area contributed by atoms with Crippen molar-refractivity contribution in [1.29, 1.82) is 0 Å². The minimum Gasteiger partial charge on any atom is -0.373 e. The number of pyridine rings is 1. The smallest absolute Gasteiger partial charge is 0.261 e. The van der Waals surface area contributed by atoms with Gasteiger partial charge < -0.3 is 14.5 Å². The molecule has 4 aromatic heterocycles. The van der Waals surface area contributed by atoms with Crippen LogP contribution in [-0.4, -0.2) is 37.3 Å². The van der Waals surface area contributed by atoms with Crippen LogP contribution in [0.2, 0.25) is 0 Å². The number of ether oxygens (including phenoxy) is 1. The largest absolute Gasteiger partial charge is 0.373 e. The van der Waals surface area contributed by atoms with E-state index in [4.69, 9.17) is 4.74 Å². The summed E-state index contributed by atoms with van der Waals surface area (Å²) in [4.78, 5) is 18.6. The number of hydrogen-bond donors (Lipinski definition) is 1. The summed E-state index contributed by atoms with van der Waals surface area (Å²) in [5, 5.41) is 7.52. The standard InChI is InChI=1S/C23H25N5O2S/c1-23(7-2-3-11-30-23)16-28-15-18(14-26-28)19-4-5-20(31-19)22(29)25-13-17-6-9-27-10-8-24-21(27)12-17/h4-6,8-10,12,14-15H,2-3,7,11,13,16H2,1H3,(H,25,29). The Balaban J connectivity index is 1.22. The van der Waals surface area contributed by atoms with E-state index >= 15 is 0 Å². The third-order valence-corrected chi connectivity index (χ3v) is 6.84. The van der Waals surface area contributed by atoms with Crippen LogP contribution in [0.25, 0.3) is 16.1 Å². The van der Waals surface area contributed by atoms with Gasteiger partial charge in [0.25, 0.3) is 5.91 Å². The lowest BCUT2D eigenvalue weighted by molar-refractivity contribution is -0.0771. The molecular formula is C23H25N5O2S. The van der Waals surface area contributed by atoms with Gasteiger partial charge in [-0.25, -0.2) is 4.98 Å². The summed E-state index contributed by atoms with van der Waals surface area (Å²) in [5.74, 6) is -0.0741. The zero-order chi connectivity index (χ0) is 21.3. The maximum Gasteiger partial charge on any atom is 0.261 e. The average Bonchev–Trinajstić information content (AvgIpc) is 3.52. The molecule has 0 bridgehead atoms. The van der Waals surface area contributed by atoms with E-state index in [-0.39, 0.29) is 11.5 Å². The Morgan fingerprint density at radius 2 is 2.23 bits per heavy atom. The number of hydrogen-bond acceptors (Lipinski definition) is 5. The topological polar surface area (TPSA) is 73.5 Å². The molecule has 0 radical (unpaired) electrons. The fourth-order valence-corrected chi connectivity index (χ4v) is 4.88. The first-order valence-corrected chi connectivity index (χ1v) is 11.4. The quantitative estimate of drug-likeness (QED) is 0.494. The van der Waals surface area contributed by atoms with E-state index in [2.05, 4.69) is 22.3 Å². The van der Waals surface area contributed by atoms with Crippen molar-refractivity contribution >= 4 is 22.9 Å². The lowest BCUT2D eigenvalue weighted by Gasteiger charge is -2.33. The molecule has 1 amide bonds. The number of nitrogens with one attached hydrogen (secondary N) is 1. The number of carbonyl (C=O) groups is 1. The molecule has 1 N–H and O–H groups in total. The molecule has 4 aromatic rings. The van der Waals surface area contributed by atoms with Gasteiger partial charge in [-0.05, 0) is 56.0 Å². The van der Waals surface area contributed by atoms with Crippen molar-refractivity contribution in [3.8, 4) is 10.4 Å². The molecule has 0 aliphatic carbocycles. The molecule has 0 saturated carbocycles. The highest BCUT2D eigenvalue weighted by molar-refractivity contribution is 7.17. The Morgan fingerprint density at radius 3 is 3.10 bits per heavy atom. The van der Waals surface area contributed by atoms with Crippen molar-refractivity contribution in [3.63, 3.8) is 0 Å². The summed E-state index contributed by atoms with van der Waals surface area (Å²) in [5.41, 5.74) is 2.76. The summed E-state index contributed by atoms with van der Waals surface area (Å²) in [6.45, 7) is 4.19. The zero-order valence-corrected chi connectivity index (χ0v) is 18.3. The highest BCUT2D eigenvalue weighted by Gasteiger charge is 2.28. The summed E-state index contributed by atoms with van der Waals surface area (Å²) >= 11 is 1.48. The van der Waals surface area contributed by atoms with Crippen LogP contribution in [0.5, 0.6) is 0 Å². The molecule has 7 nitrogen and oxygen atoms in total. The number of fused-ring (bicyclic) bond motifs is 1. The Morgan fingerprint density at radius 1 is 1.29 bits per heavy atom. The van der Waals surface area contributed by atoms with E-state index in [1.807, 2.05) is 58.1 Å². The molecule has 1 atom stereocenters. The maximum atomic E-state index is 12.6. The van der Waals surface area contributed by atoms with Gasteiger partial charge in [0, 0.05) is 48.4 Å². The molecule has 160 valence electrons. The SMILES string of the molecule is CC1(Cn2cc(-c3ccc(C(=O)NCc4ccn5ccnc5c4)s3)cn2)CCCCO1. The maximum absolute atomic E-state index is 12.6. The fourth-order valence-electron chi connectivity index (χ4n) is 3.98. The minimum absolute atomic E-state index is 0.0741. The van der Waals surface area contributed by atoms with Crippen LogP contribution in [0.15, 0.2) is 55.2 Å². The number of nitrogens with zero attached hydrogens (tertiary/aromatic N) is 4. The van der Waals surface area contributed by atoms with E-state index in [9.17, 15) is 4.79 Å². The summed E-state index contributed by atoms with van der Waals surface area (Å²) in [7, 11) is 0. The first-order chi connectivity index (χ1) is 15.1. The van der Waals surface area contributed by atoms with Crippen LogP contribution in [-0.2, 0) is 17.8 Å². The van der Waals surface area contributed by atoms with E-state index in [1.54, 1.807) is 6.20 Å². The molecule has 1 unspecified atom stereocenters. The number of rotatable bonds is 6. The van der Waals surface area contributed by atoms with Crippen molar-refractivity contribution in [3.05, 3.63) is 65.7 Å². The predicted octanol–water partition coefficient (Wildman–Crippen LogP) is 4.15. The van der Waals surface area contributed by atoms with Gasteiger partial charge in [-0.2, -0.15) is 5.10 Å². The first-order valence-electron chi connectivity index (χ1n) is 10.5. The van der Waals surface area contributed by atoms with Gasteiger partial charge >= 0.3 is 0 Å². The molecule has 1 aliphatic rings. The van der Waals surface area contributed by atoms with Crippen LogP contribution >= 0.6 is 11.3 Å². The normalized spacial score (nSPS) is 19.0. The number of carbonyl (C=O) groups excluding carboxylic acids is 1. The lowest BCUT2D eigenvalue weighted by atomic mass is 9.96. The molecule has 31 heavy (non-hydrogen) atoms. The number of imidazole rings is 1. The third-order valence-electron chi connectivity index (χ3n) is 5.71. The molecular weight excluding hydrogens is 410 g/mol. The van der Waals surface area contributed by atoms with Crippen LogP contribution in [0.1, 0.15) is 41.4 Å². The number of aromatic nitrogens is 4. The molecule has 1 aliphatic heterocycles. The molecule has 1 fully saturated rings. The van der Waals surface area contributed by atoms with Crippen LogP contribution in [0.3, 0.4) is 0 Å². The van der Waals surface area contributed by atoms with Gasteiger partial charge in [0.2, 0.25) is 0 Å². The van der Waals surface area contributed by atoms with Crippen LogP contribution in [0, 0.1) is 0 Å². The van der Waals surface area contributed by atoms with E-state index < -0.39 is 0 Å². The zero-order valence-electron chi connectivity index (χ0n) is 17.5. The first kappa shape index (κ1) is 20.0. The van der Waals surface area contributed by atoms with Gasteiger partial charge in [0.05, 0.1) is 23.2 Å². The third kappa shape index (κ3) is 4.40. The van der Waals surface area contributed by atoms with E-state index in [1.165, 1.54) is 17.8 Å². The average molecular weight is 436 g/mol. The van der Waals surface area contributed by atoms with Gasteiger partial charge in [0.15, 0.2) is 0 Å². The van der Waals surface area contributed by atoms with Crippen LogP contribution in [0.4, 0.5) is 0 Å². The van der Waals surface area contributed by atoms with Crippen molar-refractivity contribution in [2.45, 2.75) is 44.9 Å². The Kier molecular flexibility index (Phi) is 5.33. The van der Waals surface area contributed by atoms with E-state index in [0.29, 0.717) is 11.4 Å². The van der Waals surface area contributed by atoms with Crippen molar-refractivity contribution in [2.75, 3.05) is 6.61 Å². The Labute approximate surface area is 184 Å². The predicted molar refractivity (Wildman–Crippen MR) is 120 cm³/mol. The highest BCUT2D eigenvalue weighted by atomic mass is 32.1. The molecule has 5 heterocycles. The number of amides is 1. The van der Waals surface area contributed by atoms with Crippen molar-refractivity contribution < 1.29 is 9.53 Å². The molecule has 0 spiro atoms. The van der Waals surface area contributed by atoms with Gasteiger partial charge in [-0.15, -0.1) is 11.3 Å². The molecule has 1 saturated heterocycles. The summed E-state index contributed by atoms with van der Waals surface area (Å²) < 4.78 is 9.88. The second-order valence-corrected chi connectivity index (χ2v) is 9.34. The number of thiophene rings is 1. The Bertz CT molecular complexity index is 1200. The molecule has 0 aromatic carbocycles. The monoisotopic (exact) mass is 435 g/mol. The van der Waals surface area contributed by atoms with Gasteiger partial charge in [0.1, 0.15) is 5.65 Å². The van der Waals surface area contributed by atoms with Crippen molar-refractivity contribution in [2.24, 2.45) is 0 Å². The molecule has 5 rings (SSSR count). The minimum atomic E-state index is -0.151. The summed E-state index contributed by atoms with van der Waals surface area (Å²) in [6, 6.07) is 7.82. The van der Waals surface area contributed by atoms with Crippen LogP contribution < -0.4 is 5.32 Å². The second-order valence-electron chi connectivity index (χ2n) is 8.26. The lowest BCUT2D eigenvalue weighted by Crippen LogP contribution is -2.37. The highest BCUT2D eigenvalue weighted by Crippen LogP contribution is 2.30. The second kappa shape index (κ2) is 8.28. The Hall–Kier alpha value is -2.97. The molecule has 8 heteroatoms. The fraction of sp³-hybridized carbons (Fsp3) is 0.348.